The van der Waals surface area contributed by atoms with Gasteiger partial charge >= 0.3 is 5.97 Å². The Morgan fingerprint density at radius 3 is 2.62 bits per heavy atom. The van der Waals surface area contributed by atoms with Crippen molar-refractivity contribution in [3.63, 3.8) is 0 Å². The summed E-state index contributed by atoms with van der Waals surface area (Å²) in [5.74, 6) is -1.57. The van der Waals surface area contributed by atoms with E-state index in [1.54, 1.807) is 0 Å². The fraction of sp³-hybridized carbons (Fsp3) is 0.300. The second-order valence-corrected chi connectivity index (χ2v) is 3.49. The zero-order chi connectivity index (χ0) is 12.3. The van der Waals surface area contributed by atoms with Crippen LogP contribution in [0.2, 0.25) is 5.02 Å². The lowest BCUT2D eigenvalue weighted by Crippen LogP contribution is -2.29. The molecule has 4 nitrogen and oxygen atoms in total. The second-order valence-electron chi connectivity index (χ2n) is 3.08. The number of aliphatic hydroxyl groups is 2. The van der Waals surface area contributed by atoms with Crippen molar-refractivity contribution in [2.75, 3.05) is 7.11 Å². The van der Waals surface area contributed by atoms with Crippen molar-refractivity contribution in [2.24, 2.45) is 0 Å². The molecule has 0 fully saturated rings. The predicted molar refractivity (Wildman–Crippen MR) is 54.4 cm³/mol. The first kappa shape index (κ1) is 12.9. The topological polar surface area (TPSA) is 66.8 Å². The Kier molecular flexibility index (Phi) is 4.23. The third-order valence-corrected chi connectivity index (χ3v) is 2.35. The van der Waals surface area contributed by atoms with Gasteiger partial charge in [0.2, 0.25) is 0 Å². The smallest absolute Gasteiger partial charge is 0.337 e. The van der Waals surface area contributed by atoms with E-state index in [0.29, 0.717) is 0 Å². The lowest BCUT2D eigenvalue weighted by molar-refractivity contribution is -0.156. The van der Waals surface area contributed by atoms with Crippen LogP contribution in [0.4, 0.5) is 4.39 Å². The van der Waals surface area contributed by atoms with Gasteiger partial charge in [0.25, 0.3) is 0 Å². The lowest BCUT2D eigenvalue weighted by atomic mass is 10.0. The summed E-state index contributed by atoms with van der Waals surface area (Å²) in [6.45, 7) is 0. The Morgan fingerprint density at radius 1 is 1.50 bits per heavy atom. The number of carbonyl (C=O) groups excluding carboxylic acids is 1. The van der Waals surface area contributed by atoms with Crippen LogP contribution in [0.1, 0.15) is 11.7 Å². The van der Waals surface area contributed by atoms with Crippen molar-refractivity contribution in [3.8, 4) is 0 Å². The van der Waals surface area contributed by atoms with Gasteiger partial charge in [0.15, 0.2) is 6.10 Å². The summed E-state index contributed by atoms with van der Waals surface area (Å²) in [5, 5.41) is 18.9. The van der Waals surface area contributed by atoms with E-state index in [1.807, 2.05) is 0 Å². The SMILES string of the molecule is COC(=O)C(O)C(O)c1ccc(F)cc1Cl. The quantitative estimate of drug-likeness (QED) is 0.785. The minimum Gasteiger partial charge on any atom is -0.467 e. The molecule has 0 saturated heterocycles. The van der Waals surface area contributed by atoms with Crippen LogP contribution in [0.15, 0.2) is 18.2 Å². The molecule has 0 saturated carbocycles. The summed E-state index contributed by atoms with van der Waals surface area (Å²) >= 11 is 5.65. The average Bonchev–Trinajstić information content (AvgIpc) is 2.26. The highest BCUT2D eigenvalue weighted by Crippen LogP contribution is 2.26. The predicted octanol–water partition coefficient (Wildman–Crippen LogP) is 1.05. The maximum absolute atomic E-state index is 12.7. The Balaban J connectivity index is 2.96. The van der Waals surface area contributed by atoms with Crippen LogP contribution < -0.4 is 0 Å². The number of rotatable bonds is 3. The molecule has 0 aliphatic rings. The molecular formula is C10H10ClFO4. The first-order valence-electron chi connectivity index (χ1n) is 4.36. The van der Waals surface area contributed by atoms with Crippen LogP contribution >= 0.6 is 11.6 Å². The van der Waals surface area contributed by atoms with Crippen LogP contribution in [0.5, 0.6) is 0 Å². The zero-order valence-corrected chi connectivity index (χ0v) is 9.11. The minimum atomic E-state index is -1.76. The molecule has 1 rings (SSSR count). The Labute approximate surface area is 96.2 Å². The van der Waals surface area contributed by atoms with Crippen molar-refractivity contribution in [2.45, 2.75) is 12.2 Å². The van der Waals surface area contributed by atoms with E-state index in [-0.39, 0.29) is 10.6 Å². The van der Waals surface area contributed by atoms with E-state index >= 15 is 0 Å². The van der Waals surface area contributed by atoms with Gasteiger partial charge in [-0.25, -0.2) is 9.18 Å². The van der Waals surface area contributed by atoms with E-state index in [1.165, 1.54) is 6.07 Å². The van der Waals surface area contributed by atoms with Gasteiger partial charge in [-0.3, -0.25) is 0 Å². The van der Waals surface area contributed by atoms with E-state index in [0.717, 1.165) is 19.2 Å². The maximum atomic E-state index is 12.7. The van der Waals surface area contributed by atoms with Crippen molar-refractivity contribution in [1.82, 2.24) is 0 Å². The fourth-order valence-corrected chi connectivity index (χ4v) is 1.44. The molecule has 0 amide bonds. The van der Waals surface area contributed by atoms with Gasteiger partial charge in [0.05, 0.1) is 7.11 Å². The standard InChI is InChI=1S/C10H10ClFO4/c1-16-10(15)9(14)8(13)6-3-2-5(12)4-7(6)11/h2-4,8-9,13-14H,1H3. The summed E-state index contributed by atoms with van der Waals surface area (Å²) in [5.41, 5.74) is 0.0565. The Hall–Kier alpha value is -1.17. The van der Waals surface area contributed by atoms with E-state index < -0.39 is 24.0 Å². The van der Waals surface area contributed by atoms with Gasteiger partial charge in [-0.05, 0) is 12.1 Å². The molecular weight excluding hydrogens is 239 g/mol. The molecule has 0 bridgehead atoms. The van der Waals surface area contributed by atoms with Gasteiger partial charge in [0, 0.05) is 10.6 Å². The molecule has 0 heterocycles. The second kappa shape index (κ2) is 5.25. The zero-order valence-electron chi connectivity index (χ0n) is 8.35. The summed E-state index contributed by atoms with van der Waals surface area (Å²) in [6, 6.07) is 3.23. The first-order valence-corrected chi connectivity index (χ1v) is 4.74. The Bertz CT molecular complexity index is 396. The summed E-state index contributed by atoms with van der Waals surface area (Å²) < 4.78 is 17.0. The lowest BCUT2D eigenvalue weighted by Gasteiger charge is -2.16. The number of hydrogen-bond donors (Lipinski definition) is 2. The summed E-state index contributed by atoms with van der Waals surface area (Å²) in [4.78, 5) is 11.0. The van der Waals surface area contributed by atoms with E-state index in [2.05, 4.69) is 4.74 Å². The molecule has 2 unspecified atom stereocenters. The molecule has 88 valence electrons. The van der Waals surface area contributed by atoms with Gasteiger partial charge in [-0.2, -0.15) is 0 Å². The van der Waals surface area contributed by atoms with Gasteiger partial charge in [-0.1, -0.05) is 17.7 Å². The highest BCUT2D eigenvalue weighted by atomic mass is 35.5. The molecule has 0 aromatic heterocycles. The van der Waals surface area contributed by atoms with Gasteiger partial charge in [-0.15, -0.1) is 0 Å². The van der Waals surface area contributed by atoms with Gasteiger partial charge < -0.3 is 14.9 Å². The largest absolute Gasteiger partial charge is 0.467 e. The number of esters is 1. The van der Waals surface area contributed by atoms with Crippen LogP contribution in [-0.2, 0) is 9.53 Å². The average molecular weight is 249 g/mol. The van der Waals surface area contributed by atoms with E-state index in [4.69, 9.17) is 11.6 Å². The third kappa shape index (κ3) is 2.69. The highest BCUT2D eigenvalue weighted by Gasteiger charge is 2.28. The van der Waals surface area contributed by atoms with Crippen molar-refractivity contribution < 1.29 is 24.1 Å². The molecule has 0 spiro atoms. The van der Waals surface area contributed by atoms with E-state index in [9.17, 15) is 19.4 Å². The molecule has 1 aromatic carbocycles. The molecule has 2 atom stereocenters. The number of aliphatic hydroxyl groups excluding tert-OH is 2. The van der Waals surface area contributed by atoms with Gasteiger partial charge in [0.1, 0.15) is 11.9 Å². The van der Waals surface area contributed by atoms with Crippen LogP contribution in [0, 0.1) is 5.82 Å². The Morgan fingerprint density at radius 2 is 2.12 bits per heavy atom. The van der Waals surface area contributed by atoms with Crippen molar-refractivity contribution >= 4 is 17.6 Å². The van der Waals surface area contributed by atoms with Crippen molar-refractivity contribution in [3.05, 3.63) is 34.6 Å². The van der Waals surface area contributed by atoms with Crippen LogP contribution in [-0.4, -0.2) is 29.4 Å². The van der Waals surface area contributed by atoms with Crippen LogP contribution in [0.3, 0.4) is 0 Å². The van der Waals surface area contributed by atoms with Crippen LogP contribution in [0.25, 0.3) is 0 Å². The number of hydrogen-bond acceptors (Lipinski definition) is 4. The normalized spacial score (nSPS) is 14.3. The summed E-state index contributed by atoms with van der Waals surface area (Å²) in [7, 11) is 1.07. The maximum Gasteiger partial charge on any atom is 0.337 e. The first-order chi connectivity index (χ1) is 7.47. The fourth-order valence-electron chi connectivity index (χ4n) is 1.16. The molecule has 0 radical (unpaired) electrons. The monoisotopic (exact) mass is 248 g/mol. The number of methoxy groups -OCH3 is 1. The third-order valence-electron chi connectivity index (χ3n) is 2.02. The summed E-state index contributed by atoms with van der Waals surface area (Å²) in [6.07, 6.45) is -3.31. The minimum absolute atomic E-state index is 0.0565. The molecule has 6 heteroatoms. The molecule has 1 aromatic rings. The van der Waals surface area contributed by atoms with Crippen molar-refractivity contribution in [1.29, 1.82) is 0 Å². The number of carbonyl (C=O) groups is 1. The molecule has 16 heavy (non-hydrogen) atoms. The number of benzene rings is 1. The number of ether oxygens (including phenoxy) is 1. The highest BCUT2D eigenvalue weighted by molar-refractivity contribution is 6.31. The molecule has 2 N–H and O–H groups in total. The molecule has 0 aliphatic carbocycles. The number of halogens is 2. The molecule has 0 aliphatic heterocycles.